The molecule has 1 rings (SSSR count). The van der Waals surface area contributed by atoms with Gasteiger partial charge in [0.05, 0.1) is 5.02 Å². The zero-order chi connectivity index (χ0) is 11.6. The fourth-order valence-electron chi connectivity index (χ4n) is 0.870. The third kappa shape index (κ3) is 3.20. The maximum atomic E-state index is 12.2. The zero-order valence-corrected chi connectivity index (χ0v) is 8.56. The Balaban J connectivity index is 2.82. The summed E-state index contributed by atoms with van der Waals surface area (Å²) >= 11 is 5.65. The molecule has 2 N–H and O–H groups in total. The van der Waals surface area contributed by atoms with Crippen molar-refractivity contribution in [2.75, 3.05) is 5.73 Å². The maximum absolute atomic E-state index is 12.2. The van der Waals surface area contributed by atoms with Gasteiger partial charge in [-0.05, 0) is 25.1 Å². The maximum Gasteiger partial charge on any atom is 0.425 e. The molecule has 15 heavy (non-hydrogen) atoms. The molecule has 0 spiro atoms. The van der Waals surface area contributed by atoms with Crippen molar-refractivity contribution in [2.24, 2.45) is 0 Å². The van der Waals surface area contributed by atoms with Crippen molar-refractivity contribution in [3.8, 4) is 5.75 Å². The zero-order valence-electron chi connectivity index (χ0n) is 7.81. The van der Waals surface area contributed by atoms with Crippen molar-refractivity contribution in [1.82, 2.24) is 0 Å². The van der Waals surface area contributed by atoms with E-state index in [2.05, 4.69) is 4.74 Å². The minimum absolute atomic E-state index is 0.0318. The van der Waals surface area contributed by atoms with E-state index in [-0.39, 0.29) is 10.8 Å². The number of nitrogen functional groups attached to an aromatic ring is 1. The summed E-state index contributed by atoms with van der Waals surface area (Å²) < 4.78 is 41.1. The van der Waals surface area contributed by atoms with E-state index in [0.29, 0.717) is 5.69 Å². The third-order valence-corrected chi connectivity index (χ3v) is 2.02. The molecule has 0 aliphatic rings. The number of hydrogen-bond acceptors (Lipinski definition) is 2. The average Bonchev–Trinajstić information content (AvgIpc) is 2.08. The fourth-order valence-corrected chi connectivity index (χ4v) is 1.10. The standard InChI is InChI=1S/C9H9ClF3NO/c1-5(9(11,12)13)15-8-3-2-6(14)4-7(8)10/h2-5H,14H2,1H3/t5-/m0/s1. The highest BCUT2D eigenvalue weighted by molar-refractivity contribution is 6.32. The number of rotatable bonds is 2. The van der Waals surface area contributed by atoms with Crippen LogP contribution in [0.5, 0.6) is 5.75 Å². The summed E-state index contributed by atoms with van der Waals surface area (Å²) in [6.07, 6.45) is -6.32. The Hall–Kier alpha value is -1.10. The van der Waals surface area contributed by atoms with Crippen LogP contribution in [-0.2, 0) is 0 Å². The Kier molecular flexibility index (Phi) is 3.34. The van der Waals surface area contributed by atoms with Gasteiger partial charge in [0.25, 0.3) is 0 Å². The largest absolute Gasteiger partial charge is 0.480 e. The van der Waals surface area contributed by atoms with E-state index in [4.69, 9.17) is 17.3 Å². The van der Waals surface area contributed by atoms with Gasteiger partial charge in [0.1, 0.15) is 5.75 Å². The quantitative estimate of drug-likeness (QED) is 0.804. The van der Waals surface area contributed by atoms with E-state index in [1.165, 1.54) is 18.2 Å². The molecule has 0 amide bonds. The number of nitrogens with two attached hydrogens (primary N) is 1. The molecule has 0 heterocycles. The van der Waals surface area contributed by atoms with Crippen LogP contribution in [0.25, 0.3) is 0 Å². The predicted octanol–water partition coefficient (Wildman–Crippen LogP) is 3.25. The number of halogens is 4. The molecule has 0 bridgehead atoms. The second-order valence-corrected chi connectivity index (χ2v) is 3.40. The van der Waals surface area contributed by atoms with Crippen LogP contribution < -0.4 is 10.5 Å². The summed E-state index contributed by atoms with van der Waals surface area (Å²) in [7, 11) is 0. The first kappa shape index (κ1) is 12.0. The molecule has 84 valence electrons. The molecule has 0 saturated heterocycles. The highest BCUT2D eigenvalue weighted by Gasteiger charge is 2.38. The van der Waals surface area contributed by atoms with Gasteiger partial charge >= 0.3 is 6.18 Å². The Bertz CT molecular complexity index is 354. The Morgan fingerprint density at radius 1 is 1.40 bits per heavy atom. The first-order valence-electron chi connectivity index (χ1n) is 4.09. The fraction of sp³-hybridized carbons (Fsp3) is 0.333. The van der Waals surface area contributed by atoms with Gasteiger partial charge in [0.15, 0.2) is 6.10 Å². The van der Waals surface area contributed by atoms with Crippen LogP contribution in [0.4, 0.5) is 18.9 Å². The number of hydrogen-bond donors (Lipinski definition) is 1. The molecule has 0 saturated carbocycles. The third-order valence-electron chi connectivity index (χ3n) is 1.72. The minimum Gasteiger partial charge on any atom is -0.480 e. The van der Waals surface area contributed by atoms with E-state index in [9.17, 15) is 13.2 Å². The van der Waals surface area contributed by atoms with E-state index in [1.54, 1.807) is 0 Å². The summed E-state index contributed by atoms with van der Waals surface area (Å²) in [6, 6.07) is 4.06. The molecule has 0 radical (unpaired) electrons. The molecule has 0 aliphatic heterocycles. The lowest BCUT2D eigenvalue weighted by Crippen LogP contribution is -2.31. The van der Waals surface area contributed by atoms with E-state index >= 15 is 0 Å². The lowest BCUT2D eigenvalue weighted by atomic mass is 10.3. The summed E-state index contributed by atoms with van der Waals surface area (Å²) in [4.78, 5) is 0. The molecular weight excluding hydrogens is 231 g/mol. The van der Waals surface area contributed by atoms with Crippen LogP contribution in [0.1, 0.15) is 6.92 Å². The van der Waals surface area contributed by atoms with Crippen LogP contribution in [-0.4, -0.2) is 12.3 Å². The molecule has 0 fully saturated rings. The minimum atomic E-state index is -4.41. The molecular formula is C9H9ClF3NO. The lowest BCUT2D eigenvalue weighted by molar-refractivity contribution is -0.189. The average molecular weight is 240 g/mol. The van der Waals surface area contributed by atoms with Crippen molar-refractivity contribution in [3.63, 3.8) is 0 Å². The molecule has 6 heteroatoms. The van der Waals surface area contributed by atoms with Crippen LogP contribution in [0.3, 0.4) is 0 Å². The molecule has 1 aromatic carbocycles. The predicted molar refractivity (Wildman–Crippen MR) is 52.0 cm³/mol. The van der Waals surface area contributed by atoms with Gasteiger partial charge in [0, 0.05) is 5.69 Å². The van der Waals surface area contributed by atoms with Crippen molar-refractivity contribution in [1.29, 1.82) is 0 Å². The van der Waals surface area contributed by atoms with Gasteiger partial charge < -0.3 is 10.5 Å². The Morgan fingerprint density at radius 3 is 2.47 bits per heavy atom. The number of ether oxygens (including phenoxy) is 1. The first-order chi connectivity index (χ1) is 6.80. The Labute approximate surface area is 89.8 Å². The van der Waals surface area contributed by atoms with Gasteiger partial charge in [0.2, 0.25) is 0 Å². The van der Waals surface area contributed by atoms with Crippen LogP contribution in [0.15, 0.2) is 18.2 Å². The molecule has 1 atom stereocenters. The van der Waals surface area contributed by atoms with Crippen LogP contribution >= 0.6 is 11.6 Å². The van der Waals surface area contributed by atoms with Crippen molar-refractivity contribution in [3.05, 3.63) is 23.2 Å². The summed E-state index contributed by atoms with van der Waals surface area (Å²) in [5, 5.41) is 0.0612. The van der Waals surface area contributed by atoms with Gasteiger partial charge in [-0.3, -0.25) is 0 Å². The molecule has 0 unspecified atom stereocenters. The van der Waals surface area contributed by atoms with Crippen LogP contribution in [0.2, 0.25) is 5.02 Å². The van der Waals surface area contributed by atoms with E-state index < -0.39 is 12.3 Å². The molecule has 0 aliphatic carbocycles. The van der Waals surface area contributed by atoms with Crippen LogP contribution in [0, 0.1) is 0 Å². The van der Waals surface area contributed by atoms with Crippen molar-refractivity contribution in [2.45, 2.75) is 19.2 Å². The smallest absolute Gasteiger partial charge is 0.425 e. The van der Waals surface area contributed by atoms with Gasteiger partial charge in [-0.15, -0.1) is 0 Å². The molecule has 2 nitrogen and oxygen atoms in total. The summed E-state index contributed by atoms with van der Waals surface area (Å²) in [5.41, 5.74) is 5.75. The second kappa shape index (κ2) is 4.18. The van der Waals surface area contributed by atoms with Gasteiger partial charge in [-0.1, -0.05) is 11.6 Å². The SMILES string of the molecule is C[C@H](Oc1ccc(N)cc1Cl)C(F)(F)F. The molecule has 0 aromatic heterocycles. The number of anilines is 1. The van der Waals surface area contributed by atoms with E-state index in [0.717, 1.165) is 6.92 Å². The summed E-state index contributed by atoms with van der Waals surface area (Å²) in [5.74, 6) is -0.0318. The Morgan fingerprint density at radius 2 is 2.00 bits per heavy atom. The normalized spacial score (nSPS) is 13.7. The van der Waals surface area contributed by atoms with Gasteiger partial charge in [-0.25, -0.2) is 0 Å². The van der Waals surface area contributed by atoms with Crippen molar-refractivity contribution < 1.29 is 17.9 Å². The second-order valence-electron chi connectivity index (χ2n) is 2.99. The summed E-state index contributed by atoms with van der Waals surface area (Å²) in [6.45, 7) is 0.909. The van der Waals surface area contributed by atoms with E-state index in [1.807, 2.05) is 0 Å². The number of alkyl halides is 3. The lowest BCUT2D eigenvalue weighted by Gasteiger charge is -2.18. The number of benzene rings is 1. The highest BCUT2D eigenvalue weighted by Crippen LogP contribution is 2.30. The monoisotopic (exact) mass is 239 g/mol. The van der Waals surface area contributed by atoms with Crippen molar-refractivity contribution >= 4 is 17.3 Å². The highest BCUT2D eigenvalue weighted by atomic mass is 35.5. The van der Waals surface area contributed by atoms with Gasteiger partial charge in [-0.2, -0.15) is 13.2 Å². The molecule has 1 aromatic rings. The first-order valence-corrected chi connectivity index (χ1v) is 4.47. The topological polar surface area (TPSA) is 35.2 Å².